The van der Waals surface area contributed by atoms with Gasteiger partial charge in [-0.15, -0.1) is 0 Å². The monoisotopic (exact) mass is 563 g/mol. The molecule has 3 unspecified atom stereocenters. The highest BCUT2D eigenvalue weighted by Crippen LogP contribution is 2.44. The highest BCUT2D eigenvalue weighted by atomic mass is 32.2. The Hall–Kier alpha value is -4.48. The van der Waals surface area contributed by atoms with Gasteiger partial charge in [0.2, 0.25) is 0 Å². The SMILES string of the molecule is CC1C=CC=C(c2cc(-c3ccccc3)nc(-c3cccc4oc5ccc(C6=NC7C=CC=CC7(C)S6)cc5c34)n2)C1. The normalized spacial score (nSPS) is 22.9. The lowest BCUT2D eigenvalue weighted by Gasteiger charge is -2.25. The Kier molecular flexibility index (Phi) is 5.90. The molecule has 3 heterocycles. The summed E-state index contributed by atoms with van der Waals surface area (Å²) in [5.41, 5.74) is 7.93. The first-order valence-electron chi connectivity index (χ1n) is 14.5. The summed E-state index contributed by atoms with van der Waals surface area (Å²) in [6.07, 6.45) is 16.2. The third-order valence-corrected chi connectivity index (χ3v) is 9.73. The van der Waals surface area contributed by atoms with E-state index >= 15 is 0 Å². The highest BCUT2D eigenvalue weighted by molar-refractivity contribution is 8.16. The summed E-state index contributed by atoms with van der Waals surface area (Å²) >= 11 is 1.83. The number of furan rings is 1. The molecule has 1 aliphatic heterocycles. The molecule has 4 nitrogen and oxygen atoms in total. The van der Waals surface area contributed by atoms with Crippen molar-refractivity contribution in [2.24, 2.45) is 10.9 Å². The van der Waals surface area contributed by atoms with Crippen LogP contribution in [-0.4, -0.2) is 25.8 Å². The number of thioether (sulfide) groups is 1. The largest absolute Gasteiger partial charge is 0.456 e. The molecule has 0 saturated carbocycles. The topological polar surface area (TPSA) is 51.3 Å². The van der Waals surface area contributed by atoms with Crippen molar-refractivity contribution >= 4 is 44.3 Å². The smallest absolute Gasteiger partial charge is 0.161 e. The van der Waals surface area contributed by atoms with E-state index in [-0.39, 0.29) is 10.8 Å². The second kappa shape index (κ2) is 9.81. The van der Waals surface area contributed by atoms with Crippen LogP contribution in [-0.2, 0) is 0 Å². The quantitative estimate of drug-likeness (QED) is 0.219. The van der Waals surface area contributed by atoms with Crippen LogP contribution in [0.3, 0.4) is 0 Å². The van der Waals surface area contributed by atoms with Gasteiger partial charge in [0, 0.05) is 27.5 Å². The fourth-order valence-corrected chi connectivity index (χ4v) is 7.36. The summed E-state index contributed by atoms with van der Waals surface area (Å²) in [5.74, 6) is 1.17. The molecule has 42 heavy (non-hydrogen) atoms. The standard InChI is InChI=1S/C37H29N3OS/c1-23-10-8-13-25(20-23)30-22-29(24-11-4-3-5-12-24)38-35(39-30)27-14-9-15-32-34(27)28-21-26(17-18-31(28)41-32)36-40-33-16-6-7-19-37(33,2)42-36/h3-19,21-23,33H,20H2,1-2H3. The van der Waals surface area contributed by atoms with Gasteiger partial charge in [0.05, 0.1) is 27.2 Å². The number of nitrogens with zero attached hydrogens (tertiary/aromatic N) is 3. The molecule has 3 aliphatic rings. The van der Waals surface area contributed by atoms with Crippen LogP contribution in [0.1, 0.15) is 31.5 Å². The molecule has 2 aromatic heterocycles. The van der Waals surface area contributed by atoms with Crippen LogP contribution in [0, 0.1) is 5.92 Å². The number of aromatic nitrogens is 2. The van der Waals surface area contributed by atoms with E-state index < -0.39 is 0 Å². The number of hydrogen-bond acceptors (Lipinski definition) is 5. The van der Waals surface area contributed by atoms with Crippen LogP contribution in [0.15, 0.2) is 125 Å². The van der Waals surface area contributed by atoms with Crippen molar-refractivity contribution in [2.75, 3.05) is 0 Å². The van der Waals surface area contributed by atoms with Gasteiger partial charge in [-0.3, -0.25) is 4.99 Å². The van der Waals surface area contributed by atoms with Crippen LogP contribution in [0.2, 0.25) is 0 Å². The summed E-state index contributed by atoms with van der Waals surface area (Å²) in [4.78, 5) is 15.4. The maximum absolute atomic E-state index is 6.38. The molecule has 3 atom stereocenters. The van der Waals surface area contributed by atoms with Crippen molar-refractivity contribution in [3.63, 3.8) is 0 Å². The van der Waals surface area contributed by atoms with E-state index in [0.717, 1.165) is 61.5 Å². The maximum Gasteiger partial charge on any atom is 0.161 e. The third-order valence-electron chi connectivity index (χ3n) is 8.38. The minimum atomic E-state index is -0.0503. The first kappa shape index (κ1) is 25.2. The Morgan fingerprint density at radius 3 is 2.57 bits per heavy atom. The van der Waals surface area contributed by atoms with Gasteiger partial charge in [-0.2, -0.15) is 0 Å². The average Bonchev–Trinajstić information content (AvgIpc) is 3.58. The van der Waals surface area contributed by atoms with E-state index in [9.17, 15) is 0 Å². The Bertz CT molecular complexity index is 2030. The van der Waals surface area contributed by atoms with Crippen LogP contribution >= 0.6 is 11.8 Å². The number of aliphatic imine (C=N–C) groups is 1. The first-order valence-corrected chi connectivity index (χ1v) is 15.3. The van der Waals surface area contributed by atoms with E-state index in [2.05, 4.69) is 111 Å². The lowest BCUT2D eigenvalue weighted by molar-refractivity contribution is 0.669. The van der Waals surface area contributed by atoms with Gasteiger partial charge in [0.1, 0.15) is 11.2 Å². The van der Waals surface area contributed by atoms with Crippen LogP contribution < -0.4 is 0 Å². The van der Waals surface area contributed by atoms with Gasteiger partial charge in [0.15, 0.2) is 5.82 Å². The van der Waals surface area contributed by atoms with Crippen LogP contribution in [0.5, 0.6) is 0 Å². The Labute approximate surface area is 249 Å². The molecule has 0 fully saturated rings. The van der Waals surface area contributed by atoms with Gasteiger partial charge < -0.3 is 4.42 Å². The number of benzene rings is 3. The molecule has 3 aromatic carbocycles. The lowest BCUT2D eigenvalue weighted by Crippen LogP contribution is -2.28. The number of rotatable bonds is 4. The zero-order valence-electron chi connectivity index (χ0n) is 23.5. The average molecular weight is 564 g/mol. The minimum Gasteiger partial charge on any atom is -0.456 e. The Morgan fingerprint density at radius 2 is 1.71 bits per heavy atom. The second-order valence-electron chi connectivity index (χ2n) is 11.5. The number of hydrogen-bond donors (Lipinski definition) is 0. The van der Waals surface area contributed by atoms with Crippen LogP contribution in [0.4, 0.5) is 0 Å². The second-order valence-corrected chi connectivity index (χ2v) is 13.0. The van der Waals surface area contributed by atoms with E-state index in [0.29, 0.717) is 11.7 Å². The number of fused-ring (bicyclic) bond motifs is 4. The summed E-state index contributed by atoms with van der Waals surface area (Å²) in [5, 5.41) is 3.14. The van der Waals surface area contributed by atoms with Crippen molar-refractivity contribution in [3.05, 3.63) is 127 Å². The van der Waals surface area contributed by atoms with Crippen molar-refractivity contribution in [2.45, 2.75) is 31.1 Å². The molecule has 2 aliphatic carbocycles. The lowest BCUT2D eigenvalue weighted by atomic mass is 9.93. The molecule has 0 N–H and O–H groups in total. The first-order chi connectivity index (χ1) is 20.5. The van der Waals surface area contributed by atoms with Gasteiger partial charge >= 0.3 is 0 Å². The van der Waals surface area contributed by atoms with Gasteiger partial charge in [-0.25, -0.2) is 9.97 Å². The molecule has 0 saturated heterocycles. The molecule has 0 radical (unpaired) electrons. The highest BCUT2D eigenvalue weighted by Gasteiger charge is 2.39. The summed E-state index contributed by atoms with van der Waals surface area (Å²) in [7, 11) is 0. The molecule has 8 rings (SSSR count). The molecular weight excluding hydrogens is 534 g/mol. The molecule has 0 spiro atoms. The summed E-state index contributed by atoms with van der Waals surface area (Å²) < 4.78 is 6.33. The van der Waals surface area contributed by atoms with Crippen LogP contribution in [0.25, 0.3) is 50.2 Å². The predicted octanol–water partition coefficient (Wildman–Crippen LogP) is 9.44. The Morgan fingerprint density at radius 1 is 0.833 bits per heavy atom. The van der Waals surface area contributed by atoms with E-state index in [1.807, 2.05) is 30.0 Å². The third kappa shape index (κ3) is 4.27. The zero-order chi connectivity index (χ0) is 28.3. The number of allylic oxidation sites excluding steroid dienone is 6. The van der Waals surface area contributed by atoms with E-state index in [1.165, 1.54) is 5.57 Å². The van der Waals surface area contributed by atoms with Gasteiger partial charge in [-0.1, -0.05) is 104 Å². The van der Waals surface area contributed by atoms with E-state index in [4.69, 9.17) is 19.4 Å². The minimum absolute atomic E-state index is 0.0503. The van der Waals surface area contributed by atoms with Crippen molar-refractivity contribution in [1.82, 2.24) is 9.97 Å². The van der Waals surface area contributed by atoms with E-state index in [1.54, 1.807) is 0 Å². The van der Waals surface area contributed by atoms with Crippen molar-refractivity contribution < 1.29 is 4.42 Å². The predicted molar refractivity (Wildman–Crippen MR) is 176 cm³/mol. The maximum atomic E-state index is 6.38. The molecule has 0 amide bonds. The summed E-state index contributed by atoms with van der Waals surface area (Å²) in [6.45, 7) is 4.50. The van der Waals surface area contributed by atoms with Crippen molar-refractivity contribution in [1.29, 1.82) is 0 Å². The fraction of sp³-hybridized carbons (Fsp3) is 0.162. The molecular formula is C37H29N3OS. The molecule has 5 aromatic rings. The fourth-order valence-electron chi connectivity index (χ4n) is 6.14. The molecule has 204 valence electrons. The molecule has 5 heteroatoms. The zero-order valence-corrected chi connectivity index (χ0v) is 24.3. The van der Waals surface area contributed by atoms with Gasteiger partial charge in [-0.05, 0) is 55.2 Å². The molecule has 0 bridgehead atoms. The summed E-state index contributed by atoms with van der Waals surface area (Å²) in [6, 6.07) is 25.2. The Balaban J connectivity index is 1.31. The van der Waals surface area contributed by atoms with Gasteiger partial charge in [0.25, 0.3) is 0 Å². The van der Waals surface area contributed by atoms with Crippen molar-refractivity contribution in [3.8, 4) is 22.6 Å².